The molecule has 0 aromatic carbocycles. The zero-order chi connectivity index (χ0) is 9.52. The molecule has 0 aliphatic heterocycles. The summed E-state index contributed by atoms with van der Waals surface area (Å²) in [5, 5.41) is 6.91. The molecule has 1 rings (SSSR count). The molecular weight excluding hydrogens is 166 g/mol. The lowest BCUT2D eigenvalue weighted by molar-refractivity contribution is 0.173. The van der Waals surface area contributed by atoms with Crippen molar-refractivity contribution < 1.29 is 4.74 Å². The minimum Gasteiger partial charge on any atom is -0.386 e. The summed E-state index contributed by atoms with van der Waals surface area (Å²) < 4.78 is 5.11. The molecule has 0 atom stereocenters. The zero-order valence-electron chi connectivity index (χ0n) is 7.36. The van der Waals surface area contributed by atoms with Crippen LogP contribution < -0.4 is 5.73 Å². The van der Waals surface area contributed by atoms with Crippen molar-refractivity contribution >= 4 is 5.84 Å². The largest absolute Gasteiger partial charge is 0.386 e. The first-order valence-corrected chi connectivity index (χ1v) is 4.09. The van der Waals surface area contributed by atoms with E-state index in [1.54, 1.807) is 6.20 Å². The Labute approximate surface area is 77.2 Å². The molecular formula is C9H13N3O. The molecule has 1 aromatic rings. The molecule has 0 fully saturated rings. The molecule has 0 amide bonds. The smallest absolute Gasteiger partial charge is 0.117 e. The summed E-state index contributed by atoms with van der Waals surface area (Å²) in [5.41, 5.74) is 6.11. The van der Waals surface area contributed by atoms with Crippen molar-refractivity contribution in [3.8, 4) is 0 Å². The van der Waals surface area contributed by atoms with Gasteiger partial charge in [0.15, 0.2) is 0 Å². The fourth-order valence-corrected chi connectivity index (χ4v) is 0.905. The maximum Gasteiger partial charge on any atom is 0.117 e. The first-order valence-electron chi connectivity index (χ1n) is 4.09. The number of hydrogen-bond donors (Lipinski definition) is 2. The van der Waals surface area contributed by atoms with Crippen LogP contribution in [-0.4, -0.2) is 24.0 Å². The van der Waals surface area contributed by atoms with Crippen LogP contribution in [0.5, 0.6) is 0 Å². The molecule has 3 N–H and O–H groups in total. The van der Waals surface area contributed by atoms with Crippen molar-refractivity contribution in [1.29, 1.82) is 5.41 Å². The molecule has 0 aliphatic rings. The number of nitrogens with two attached hydrogens (primary N) is 1. The van der Waals surface area contributed by atoms with Gasteiger partial charge in [0.2, 0.25) is 0 Å². The molecule has 70 valence electrons. The second-order valence-corrected chi connectivity index (χ2v) is 2.65. The maximum atomic E-state index is 6.91. The minimum atomic E-state index is 0.0565. The van der Waals surface area contributed by atoms with E-state index >= 15 is 0 Å². The summed E-state index contributed by atoms with van der Waals surface area (Å²) in [4.78, 5) is 4.13. The van der Waals surface area contributed by atoms with E-state index in [9.17, 15) is 0 Å². The second-order valence-electron chi connectivity index (χ2n) is 2.65. The number of rotatable bonds is 5. The van der Waals surface area contributed by atoms with Gasteiger partial charge in [-0.15, -0.1) is 0 Å². The summed E-state index contributed by atoms with van der Waals surface area (Å²) in [6.07, 6.45) is 2.51. The third kappa shape index (κ3) is 4.22. The van der Waals surface area contributed by atoms with Crippen LogP contribution in [0.15, 0.2) is 24.4 Å². The van der Waals surface area contributed by atoms with Gasteiger partial charge >= 0.3 is 0 Å². The number of pyridine rings is 1. The molecule has 4 heteroatoms. The average molecular weight is 179 g/mol. The first-order chi connectivity index (χ1) is 6.29. The van der Waals surface area contributed by atoms with Crippen molar-refractivity contribution in [2.24, 2.45) is 5.73 Å². The van der Waals surface area contributed by atoms with E-state index in [2.05, 4.69) is 4.98 Å². The van der Waals surface area contributed by atoms with Gasteiger partial charge in [-0.25, -0.2) is 0 Å². The number of aromatic nitrogens is 1. The SMILES string of the molecule is N=C(N)COCCc1ccccn1. The van der Waals surface area contributed by atoms with Crippen LogP contribution in [0.1, 0.15) is 5.69 Å². The lowest BCUT2D eigenvalue weighted by Crippen LogP contribution is -2.18. The Hall–Kier alpha value is -1.42. The minimum absolute atomic E-state index is 0.0565. The van der Waals surface area contributed by atoms with Crippen LogP contribution in [-0.2, 0) is 11.2 Å². The van der Waals surface area contributed by atoms with E-state index < -0.39 is 0 Å². The predicted octanol–water partition coefficient (Wildman–Crippen LogP) is 0.577. The molecule has 1 heterocycles. The third-order valence-corrected chi connectivity index (χ3v) is 1.49. The summed E-state index contributed by atoms with van der Waals surface area (Å²) in [6.45, 7) is 0.753. The van der Waals surface area contributed by atoms with E-state index in [1.165, 1.54) is 0 Å². The van der Waals surface area contributed by atoms with Crippen molar-refractivity contribution in [3.63, 3.8) is 0 Å². The Morgan fingerprint density at radius 2 is 2.38 bits per heavy atom. The van der Waals surface area contributed by atoms with Gasteiger partial charge in [-0.1, -0.05) is 6.07 Å². The zero-order valence-corrected chi connectivity index (χ0v) is 7.36. The molecule has 0 aliphatic carbocycles. The van der Waals surface area contributed by atoms with E-state index in [0.717, 1.165) is 12.1 Å². The Morgan fingerprint density at radius 3 is 3.00 bits per heavy atom. The van der Waals surface area contributed by atoms with Gasteiger partial charge in [-0.2, -0.15) is 0 Å². The van der Waals surface area contributed by atoms with Gasteiger partial charge in [0, 0.05) is 18.3 Å². The van der Waals surface area contributed by atoms with Crippen LogP contribution in [0.25, 0.3) is 0 Å². The number of hydrogen-bond acceptors (Lipinski definition) is 3. The average Bonchev–Trinajstić information content (AvgIpc) is 2.14. The third-order valence-electron chi connectivity index (χ3n) is 1.49. The van der Waals surface area contributed by atoms with Crippen molar-refractivity contribution in [2.45, 2.75) is 6.42 Å². The van der Waals surface area contributed by atoms with E-state index in [0.29, 0.717) is 6.61 Å². The maximum absolute atomic E-state index is 6.91. The number of ether oxygens (including phenoxy) is 1. The van der Waals surface area contributed by atoms with Gasteiger partial charge in [0.05, 0.1) is 6.61 Å². The lowest BCUT2D eigenvalue weighted by atomic mass is 10.3. The Balaban J connectivity index is 2.17. The first kappa shape index (κ1) is 9.67. The Bertz CT molecular complexity index is 261. The van der Waals surface area contributed by atoms with E-state index in [4.69, 9.17) is 15.9 Å². The standard InChI is InChI=1S/C9H13N3O/c10-9(11)7-13-6-4-8-3-1-2-5-12-8/h1-3,5H,4,6-7H2,(H3,10,11). The van der Waals surface area contributed by atoms with Gasteiger partial charge in [-0.3, -0.25) is 10.4 Å². The highest BCUT2D eigenvalue weighted by Gasteiger charge is 1.93. The van der Waals surface area contributed by atoms with Crippen LogP contribution >= 0.6 is 0 Å². The van der Waals surface area contributed by atoms with Crippen molar-refractivity contribution in [1.82, 2.24) is 4.98 Å². The summed E-state index contributed by atoms with van der Waals surface area (Å²) >= 11 is 0. The van der Waals surface area contributed by atoms with Gasteiger partial charge in [0.1, 0.15) is 12.4 Å². The van der Waals surface area contributed by atoms with Crippen LogP contribution in [0.4, 0.5) is 0 Å². The molecule has 0 spiro atoms. The quantitative estimate of drug-likeness (QED) is 0.394. The van der Waals surface area contributed by atoms with Gasteiger partial charge < -0.3 is 10.5 Å². The molecule has 0 radical (unpaired) electrons. The van der Waals surface area contributed by atoms with Gasteiger partial charge in [-0.05, 0) is 12.1 Å². The fraction of sp³-hybridized carbons (Fsp3) is 0.333. The number of nitrogens with zero attached hydrogens (tertiary/aromatic N) is 1. The highest BCUT2D eigenvalue weighted by Crippen LogP contribution is 1.94. The number of nitrogens with one attached hydrogen (secondary N) is 1. The molecule has 13 heavy (non-hydrogen) atoms. The molecule has 1 aromatic heterocycles. The lowest BCUT2D eigenvalue weighted by Gasteiger charge is -2.01. The Kier molecular flexibility index (Phi) is 3.92. The summed E-state index contributed by atoms with van der Waals surface area (Å²) in [5.74, 6) is 0.0565. The topological polar surface area (TPSA) is 72.0 Å². The number of amidine groups is 1. The van der Waals surface area contributed by atoms with Crippen molar-refractivity contribution in [3.05, 3.63) is 30.1 Å². The summed E-state index contributed by atoms with van der Waals surface area (Å²) in [6, 6.07) is 5.75. The van der Waals surface area contributed by atoms with E-state index in [-0.39, 0.29) is 12.4 Å². The van der Waals surface area contributed by atoms with Gasteiger partial charge in [0.25, 0.3) is 0 Å². The molecule has 0 unspecified atom stereocenters. The monoisotopic (exact) mass is 179 g/mol. The molecule has 4 nitrogen and oxygen atoms in total. The predicted molar refractivity (Wildman–Crippen MR) is 50.7 cm³/mol. The molecule has 0 bridgehead atoms. The molecule has 0 saturated heterocycles. The normalized spacial score (nSPS) is 9.85. The van der Waals surface area contributed by atoms with Crippen LogP contribution in [0.2, 0.25) is 0 Å². The van der Waals surface area contributed by atoms with Crippen molar-refractivity contribution in [2.75, 3.05) is 13.2 Å². The Morgan fingerprint density at radius 1 is 1.54 bits per heavy atom. The summed E-state index contributed by atoms with van der Waals surface area (Å²) in [7, 11) is 0. The molecule has 0 saturated carbocycles. The van der Waals surface area contributed by atoms with Crippen LogP contribution in [0.3, 0.4) is 0 Å². The van der Waals surface area contributed by atoms with Crippen LogP contribution in [0, 0.1) is 5.41 Å². The highest BCUT2D eigenvalue weighted by atomic mass is 16.5. The fourth-order valence-electron chi connectivity index (χ4n) is 0.905. The highest BCUT2D eigenvalue weighted by molar-refractivity contribution is 5.78. The second kappa shape index (κ2) is 5.27. The van der Waals surface area contributed by atoms with E-state index in [1.807, 2.05) is 18.2 Å².